The molecule has 1 fully saturated rings. The van der Waals surface area contributed by atoms with E-state index in [0.717, 1.165) is 11.1 Å². The van der Waals surface area contributed by atoms with Crippen LogP contribution in [0, 0.1) is 0 Å². The zero-order chi connectivity index (χ0) is 24.2. The average molecular weight is 469 g/mol. The third kappa shape index (κ3) is 3.22. The van der Waals surface area contributed by atoms with Gasteiger partial charge in [-0.05, 0) is 42.0 Å². The maximum absolute atomic E-state index is 13.2. The standard InChI is InChI=1S/C25H19N5O5/c1-34-16-3-2-15-12-30(22(31)17(15)10-16)13-25(23(32)28-24(33)29-25)20-11-18-19(35-20)6-9-27-21(18)14-4-7-26-8-5-14/h2-11H,12-13H2,1H3,(H2,28,29,32,33)/t25-/m0/s1. The van der Waals surface area contributed by atoms with Crippen LogP contribution in [-0.4, -0.2) is 46.4 Å². The van der Waals surface area contributed by atoms with Crippen molar-refractivity contribution >= 4 is 28.8 Å². The van der Waals surface area contributed by atoms with Crippen LogP contribution in [0.4, 0.5) is 4.79 Å². The van der Waals surface area contributed by atoms with E-state index in [1.165, 1.54) is 12.0 Å². The van der Waals surface area contributed by atoms with Crippen LogP contribution in [0.1, 0.15) is 21.7 Å². The van der Waals surface area contributed by atoms with E-state index < -0.39 is 17.5 Å². The van der Waals surface area contributed by atoms with E-state index in [0.29, 0.717) is 28.0 Å². The molecule has 0 spiro atoms. The largest absolute Gasteiger partial charge is 0.497 e. The van der Waals surface area contributed by atoms with Crippen LogP contribution in [0.2, 0.25) is 0 Å². The van der Waals surface area contributed by atoms with Gasteiger partial charge < -0.3 is 19.4 Å². The molecule has 2 aliphatic rings. The molecule has 0 bridgehead atoms. The topological polar surface area (TPSA) is 127 Å². The second-order valence-corrected chi connectivity index (χ2v) is 8.42. The van der Waals surface area contributed by atoms with Crippen molar-refractivity contribution in [1.82, 2.24) is 25.5 Å². The van der Waals surface area contributed by atoms with Gasteiger partial charge in [0, 0.05) is 41.6 Å². The van der Waals surface area contributed by atoms with Gasteiger partial charge in [-0.15, -0.1) is 0 Å². The summed E-state index contributed by atoms with van der Waals surface area (Å²) < 4.78 is 11.3. The van der Waals surface area contributed by atoms with Gasteiger partial charge in [-0.25, -0.2) is 4.79 Å². The first kappa shape index (κ1) is 20.8. The minimum atomic E-state index is -1.60. The number of furan rings is 1. The molecule has 1 saturated heterocycles. The van der Waals surface area contributed by atoms with Crippen molar-refractivity contribution in [3.05, 3.63) is 77.9 Å². The molecule has 0 unspecified atom stereocenters. The van der Waals surface area contributed by atoms with Crippen molar-refractivity contribution < 1.29 is 23.5 Å². The van der Waals surface area contributed by atoms with E-state index >= 15 is 0 Å². The van der Waals surface area contributed by atoms with Gasteiger partial charge in [0.25, 0.3) is 11.8 Å². The Labute approximate surface area is 198 Å². The van der Waals surface area contributed by atoms with E-state index in [4.69, 9.17) is 9.15 Å². The molecular formula is C25H19N5O5. The van der Waals surface area contributed by atoms with Crippen molar-refractivity contribution in [2.24, 2.45) is 0 Å². The van der Waals surface area contributed by atoms with Gasteiger partial charge in [-0.2, -0.15) is 0 Å². The fourth-order valence-corrected chi connectivity index (χ4v) is 4.65. The molecule has 10 nitrogen and oxygen atoms in total. The molecule has 174 valence electrons. The molecule has 2 aliphatic heterocycles. The fraction of sp³-hybridized carbons (Fsp3) is 0.160. The third-order valence-corrected chi connectivity index (χ3v) is 6.39. The van der Waals surface area contributed by atoms with Crippen molar-refractivity contribution in [3.8, 4) is 17.0 Å². The van der Waals surface area contributed by atoms with Crippen molar-refractivity contribution in [3.63, 3.8) is 0 Å². The second-order valence-electron chi connectivity index (χ2n) is 8.42. The van der Waals surface area contributed by atoms with Crippen LogP contribution in [0.5, 0.6) is 5.75 Å². The van der Waals surface area contributed by atoms with Crippen molar-refractivity contribution in [2.75, 3.05) is 13.7 Å². The predicted molar refractivity (Wildman–Crippen MR) is 123 cm³/mol. The fourth-order valence-electron chi connectivity index (χ4n) is 4.65. The monoisotopic (exact) mass is 469 g/mol. The summed E-state index contributed by atoms with van der Waals surface area (Å²) in [4.78, 5) is 48.7. The Kier molecular flexibility index (Phi) is 4.56. The van der Waals surface area contributed by atoms with Gasteiger partial charge in [-0.1, -0.05) is 6.07 Å². The number of hydrogen-bond donors (Lipinski definition) is 2. The number of ether oxygens (including phenoxy) is 1. The number of rotatable bonds is 5. The lowest BCUT2D eigenvalue weighted by Crippen LogP contribution is -2.52. The molecule has 10 heteroatoms. The lowest BCUT2D eigenvalue weighted by Gasteiger charge is -2.29. The van der Waals surface area contributed by atoms with Gasteiger partial charge in [0.05, 0.1) is 19.3 Å². The maximum Gasteiger partial charge on any atom is 0.322 e. The summed E-state index contributed by atoms with van der Waals surface area (Å²) in [5.74, 6) is -0.0849. The lowest BCUT2D eigenvalue weighted by atomic mass is 9.95. The number of imide groups is 1. The Hall–Kier alpha value is -4.73. The van der Waals surface area contributed by atoms with E-state index in [-0.39, 0.29) is 24.8 Å². The van der Waals surface area contributed by atoms with Crippen molar-refractivity contribution in [1.29, 1.82) is 0 Å². The van der Waals surface area contributed by atoms with Gasteiger partial charge in [0.15, 0.2) is 5.54 Å². The van der Waals surface area contributed by atoms with Gasteiger partial charge >= 0.3 is 6.03 Å². The number of fused-ring (bicyclic) bond motifs is 2. The number of aromatic nitrogens is 2. The molecule has 0 saturated carbocycles. The summed E-state index contributed by atoms with van der Waals surface area (Å²) in [6.45, 7) is 0.172. The Morgan fingerprint density at radius 3 is 2.66 bits per heavy atom. The summed E-state index contributed by atoms with van der Waals surface area (Å²) in [5, 5.41) is 5.67. The number of carbonyl (C=O) groups excluding carboxylic acids is 3. The number of nitrogens with one attached hydrogen (secondary N) is 2. The smallest absolute Gasteiger partial charge is 0.322 e. The Balaban J connectivity index is 1.43. The minimum absolute atomic E-state index is 0.113. The summed E-state index contributed by atoms with van der Waals surface area (Å²) in [5.41, 5.74) is 1.67. The molecule has 1 aromatic carbocycles. The molecule has 4 aromatic rings. The van der Waals surface area contributed by atoms with Crippen LogP contribution in [0.3, 0.4) is 0 Å². The normalized spacial score (nSPS) is 19.1. The third-order valence-electron chi connectivity index (χ3n) is 6.39. The van der Waals surface area contributed by atoms with Gasteiger partial charge in [0.2, 0.25) is 0 Å². The minimum Gasteiger partial charge on any atom is -0.497 e. The number of carbonyl (C=O) groups is 3. The number of amides is 4. The molecule has 0 aliphatic carbocycles. The van der Waals surface area contributed by atoms with Crippen LogP contribution in [0.15, 0.2) is 65.5 Å². The van der Waals surface area contributed by atoms with Crippen molar-refractivity contribution in [2.45, 2.75) is 12.1 Å². The molecule has 3 aromatic heterocycles. The number of urea groups is 1. The zero-order valence-electron chi connectivity index (χ0n) is 18.6. The van der Waals surface area contributed by atoms with E-state index in [1.807, 2.05) is 18.2 Å². The molecule has 1 atom stereocenters. The van der Waals surface area contributed by atoms with Gasteiger partial charge in [-0.3, -0.25) is 24.9 Å². The SMILES string of the molecule is COc1ccc2c(c1)C(=O)N(C[C@@]1(c3cc4c(-c5ccncc5)nccc4o3)NC(=O)NC1=O)C2. The second kappa shape index (κ2) is 7.66. The van der Waals surface area contributed by atoms with Crippen LogP contribution in [-0.2, 0) is 16.9 Å². The number of methoxy groups -OCH3 is 1. The highest BCUT2D eigenvalue weighted by Crippen LogP contribution is 2.37. The predicted octanol–water partition coefficient (Wildman–Crippen LogP) is 2.59. The lowest BCUT2D eigenvalue weighted by molar-refractivity contribution is -0.125. The molecule has 5 heterocycles. The highest BCUT2D eigenvalue weighted by atomic mass is 16.5. The highest BCUT2D eigenvalue weighted by Gasteiger charge is 2.53. The maximum atomic E-state index is 13.2. The quantitative estimate of drug-likeness (QED) is 0.430. The Morgan fingerprint density at radius 1 is 1.09 bits per heavy atom. The summed E-state index contributed by atoms with van der Waals surface area (Å²) in [6, 6.07) is 11.6. The van der Waals surface area contributed by atoms with E-state index in [9.17, 15) is 14.4 Å². The highest BCUT2D eigenvalue weighted by molar-refractivity contribution is 6.08. The number of benzene rings is 1. The number of nitrogens with zero attached hydrogens (tertiary/aromatic N) is 3. The Bertz CT molecular complexity index is 1520. The van der Waals surface area contributed by atoms with Crippen LogP contribution in [0.25, 0.3) is 22.2 Å². The van der Waals surface area contributed by atoms with E-state index in [1.54, 1.807) is 42.9 Å². The molecular weight excluding hydrogens is 450 g/mol. The molecule has 0 radical (unpaired) electrons. The number of pyridine rings is 2. The first-order valence-corrected chi connectivity index (χ1v) is 10.9. The summed E-state index contributed by atoms with van der Waals surface area (Å²) in [7, 11) is 1.53. The van der Waals surface area contributed by atoms with Crippen LogP contribution < -0.4 is 15.4 Å². The first-order valence-electron chi connectivity index (χ1n) is 10.9. The van der Waals surface area contributed by atoms with Gasteiger partial charge in [0.1, 0.15) is 17.1 Å². The van der Waals surface area contributed by atoms with Crippen LogP contribution >= 0.6 is 0 Å². The molecule has 4 amide bonds. The van der Waals surface area contributed by atoms with E-state index in [2.05, 4.69) is 20.6 Å². The first-order chi connectivity index (χ1) is 17.0. The average Bonchev–Trinajstić information content (AvgIpc) is 3.53. The molecule has 2 N–H and O–H groups in total. The summed E-state index contributed by atoms with van der Waals surface area (Å²) in [6.07, 6.45) is 4.93. The molecule has 6 rings (SSSR count). The molecule has 35 heavy (non-hydrogen) atoms. The zero-order valence-corrected chi connectivity index (χ0v) is 18.6. The summed E-state index contributed by atoms with van der Waals surface area (Å²) >= 11 is 0. The number of hydrogen-bond acceptors (Lipinski definition) is 7. The Morgan fingerprint density at radius 2 is 1.91 bits per heavy atom.